The zero-order chi connectivity index (χ0) is 20.8. The fourth-order valence-electron chi connectivity index (χ4n) is 3.60. The Morgan fingerprint density at radius 3 is 2.47 bits per heavy atom. The minimum absolute atomic E-state index is 0. The van der Waals surface area contributed by atoms with Gasteiger partial charge in [-0.3, -0.25) is 0 Å². The lowest BCUT2D eigenvalue weighted by molar-refractivity contribution is 0.371. The van der Waals surface area contributed by atoms with Crippen LogP contribution in [0.25, 0.3) is 0 Å². The number of unbranched alkanes of at least 4 members (excludes halogenated alkanes) is 1. The topological polar surface area (TPSA) is 61.6 Å². The van der Waals surface area contributed by atoms with Gasteiger partial charge in [0.05, 0.1) is 0 Å². The summed E-state index contributed by atoms with van der Waals surface area (Å²) < 4.78 is 2.01. The van der Waals surface area contributed by atoms with E-state index in [2.05, 4.69) is 64.3 Å². The van der Waals surface area contributed by atoms with E-state index in [4.69, 9.17) is 4.99 Å². The van der Waals surface area contributed by atoms with E-state index >= 15 is 0 Å². The second kappa shape index (κ2) is 11.5. The van der Waals surface area contributed by atoms with Gasteiger partial charge in [-0.25, -0.2) is 4.99 Å². The first-order valence-corrected chi connectivity index (χ1v) is 10.7. The molecule has 0 saturated carbocycles. The van der Waals surface area contributed by atoms with Gasteiger partial charge in [0.25, 0.3) is 0 Å². The molecule has 3 rings (SSSR count). The number of hydrogen-bond donors (Lipinski definition) is 1. The van der Waals surface area contributed by atoms with Crippen molar-refractivity contribution >= 4 is 35.6 Å². The lowest BCUT2D eigenvalue weighted by atomic mass is 10.1. The monoisotopic (exact) mass is 525 g/mol. The van der Waals surface area contributed by atoms with Gasteiger partial charge in [-0.1, -0.05) is 25.5 Å². The molecule has 1 aromatic carbocycles. The third-order valence-corrected chi connectivity index (χ3v) is 5.65. The molecule has 0 amide bonds. The van der Waals surface area contributed by atoms with Crippen LogP contribution in [0.3, 0.4) is 0 Å². The van der Waals surface area contributed by atoms with Crippen LogP contribution in [0.1, 0.15) is 42.5 Å². The van der Waals surface area contributed by atoms with Gasteiger partial charge in [-0.2, -0.15) is 0 Å². The third-order valence-electron chi connectivity index (χ3n) is 5.65. The zero-order valence-corrected chi connectivity index (χ0v) is 21.3. The normalized spacial score (nSPS) is 14.6. The quantitative estimate of drug-likeness (QED) is 0.271. The lowest BCUT2D eigenvalue weighted by Crippen LogP contribution is -2.53. The molecule has 8 heteroatoms. The van der Waals surface area contributed by atoms with E-state index in [-0.39, 0.29) is 24.0 Å². The molecule has 1 fully saturated rings. The molecule has 1 aliphatic heterocycles. The highest BCUT2D eigenvalue weighted by molar-refractivity contribution is 14.0. The van der Waals surface area contributed by atoms with Crippen LogP contribution < -0.4 is 10.2 Å². The van der Waals surface area contributed by atoms with E-state index in [0.717, 1.165) is 56.8 Å². The molecule has 0 aliphatic carbocycles. The number of aryl methyl sites for hydroxylation is 3. The summed E-state index contributed by atoms with van der Waals surface area (Å²) in [6.45, 7) is 14.0. The van der Waals surface area contributed by atoms with Gasteiger partial charge in [0.2, 0.25) is 0 Å². The number of aliphatic imine (C=N–C) groups is 1. The lowest BCUT2D eigenvalue weighted by Gasteiger charge is -2.38. The van der Waals surface area contributed by atoms with Crippen molar-refractivity contribution in [3.8, 4) is 0 Å². The summed E-state index contributed by atoms with van der Waals surface area (Å²) in [5.41, 5.74) is 4.02. The molecule has 2 heterocycles. The smallest absolute Gasteiger partial charge is 0.194 e. The van der Waals surface area contributed by atoms with Crippen molar-refractivity contribution in [1.29, 1.82) is 0 Å². The summed E-state index contributed by atoms with van der Waals surface area (Å²) in [5.74, 6) is 2.80. The van der Waals surface area contributed by atoms with E-state index in [1.165, 1.54) is 23.2 Å². The Morgan fingerprint density at radius 2 is 1.83 bits per heavy atom. The van der Waals surface area contributed by atoms with E-state index in [0.29, 0.717) is 6.54 Å². The molecular formula is C22H36IN7. The van der Waals surface area contributed by atoms with Crippen molar-refractivity contribution in [3.63, 3.8) is 0 Å². The predicted molar refractivity (Wildman–Crippen MR) is 135 cm³/mol. The molecular weight excluding hydrogens is 489 g/mol. The van der Waals surface area contributed by atoms with E-state index in [1.807, 2.05) is 18.5 Å². The summed E-state index contributed by atoms with van der Waals surface area (Å²) in [4.78, 5) is 9.75. The second-order valence-corrected chi connectivity index (χ2v) is 7.91. The SMILES string of the molecule is CCCCNC(=NCc1nnc(C)n1C)N1CCN(c2cc(C)ccc2C)CC1.I. The first-order valence-electron chi connectivity index (χ1n) is 10.7. The molecule has 0 unspecified atom stereocenters. The number of nitrogens with one attached hydrogen (secondary N) is 1. The molecule has 166 valence electrons. The molecule has 0 spiro atoms. The zero-order valence-electron chi connectivity index (χ0n) is 19.0. The van der Waals surface area contributed by atoms with Crippen LogP contribution in [0.5, 0.6) is 0 Å². The first kappa shape index (κ1) is 24.4. The Balaban J connectivity index is 0.00000320. The van der Waals surface area contributed by atoms with Gasteiger partial charge in [0, 0.05) is 45.5 Å². The molecule has 1 N–H and O–H groups in total. The van der Waals surface area contributed by atoms with Crippen LogP contribution in [0.15, 0.2) is 23.2 Å². The number of hydrogen-bond acceptors (Lipinski definition) is 4. The number of nitrogens with zero attached hydrogens (tertiary/aromatic N) is 6. The fourth-order valence-corrected chi connectivity index (χ4v) is 3.60. The van der Waals surface area contributed by atoms with Gasteiger partial charge in [0.15, 0.2) is 11.8 Å². The molecule has 1 aliphatic rings. The average molecular weight is 525 g/mol. The third kappa shape index (κ3) is 6.09. The maximum Gasteiger partial charge on any atom is 0.194 e. The van der Waals surface area contributed by atoms with Crippen molar-refractivity contribution in [3.05, 3.63) is 41.0 Å². The Labute approximate surface area is 198 Å². The summed E-state index contributed by atoms with van der Waals surface area (Å²) in [7, 11) is 1.99. The maximum atomic E-state index is 4.88. The minimum Gasteiger partial charge on any atom is -0.368 e. The van der Waals surface area contributed by atoms with Gasteiger partial charge < -0.3 is 19.7 Å². The van der Waals surface area contributed by atoms with Crippen molar-refractivity contribution in [2.24, 2.45) is 12.0 Å². The standard InChI is InChI=1S/C22H35N7.HI/c1-6-7-10-23-22(24-16-21-26-25-19(4)27(21)5)29-13-11-28(12-14-29)20-15-17(2)8-9-18(20)3;/h8-9,15H,6-7,10-14,16H2,1-5H3,(H,23,24);1H. The Bertz CT molecular complexity index is 838. The predicted octanol–water partition coefficient (Wildman–Crippen LogP) is 3.43. The van der Waals surface area contributed by atoms with Crippen LogP contribution in [0, 0.1) is 20.8 Å². The maximum absolute atomic E-state index is 4.88. The molecule has 1 aromatic heterocycles. The van der Waals surface area contributed by atoms with E-state index in [1.54, 1.807) is 0 Å². The van der Waals surface area contributed by atoms with Crippen LogP contribution in [-0.4, -0.2) is 58.3 Å². The largest absolute Gasteiger partial charge is 0.368 e. The molecule has 2 aromatic rings. The Hall–Kier alpha value is -1.84. The molecule has 0 atom stereocenters. The number of anilines is 1. The number of piperazine rings is 1. The highest BCUT2D eigenvalue weighted by Crippen LogP contribution is 2.22. The van der Waals surface area contributed by atoms with Gasteiger partial charge in [-0.15, -0.1) is 34.2 Å². The van der Waals surface area contributed by atoms with Gasteiger partial charge >= 0.3 is 0 Å². The Kier molecular flexibility index (Phi) is 9.38. The van der Waals surface area contributed by atoms with Crippen molar-refractivity contribution in [2.75, 3.05) is 37.6 Å². The average Bonchev–Trinajstić information content (AvgIpc) is 3.05. The Morgan fingerprint density at radius 1 is 1.10 bits per heavy atom. The van der Waals surface area contributed by atoms with E-state index < -0.39 is 0 Å². The number of benzene rings is 1. The molecule has 30 heavy (non-hydrogen) atoms. The van der Waals surface area contributed by atoms with Crippen LogP contribution in [0.2, 0.25) is 0 Å². The molecule has 1 saturated heterocycles. The molecule has 0 bridgehead atoms. The van der Waals surface area contributed by atoms with Crippen molar-refractivity contribution in [1.82, 2.24) is 25.0 Å². The number of aromatic nitrogens is 3. The van der Waals surface area contributed by atoms with E-state index in [9.17, 15) is 0 Å². The van der Waals surface area contributed by atoms with Gasteiger partial charge in [-0.05, 0) is 44.4 Å². The van der Waals surface area contributed by atoms with Crippen molar-refractivity contribution < 1.29 is 0 Å². The van der Waals surface area contributed by atoms with Crippen LogP contribution >= 0.6 is 24.0 Å². The second-order valence-electron chi connectivity index (χ2n) is 7.91. The van der Waals surface area contributed by atoms with Gasteiger partial charge in [0.1, 0.15) is 12.4 Å². The molecule has 7 nitrogen and oxygen atoms in total. The summed E-state index contributed by atoms with van der Waals surface area (Å²) >= 11 is 0. The summed E-state index contributed by atoms with van der Waals surface area (Å²) in [5, 5.41) is 12.0. The first-order chi connectivity index (χ1) is 14.0. The summed E-state index contributed by atoms with van der Waals surface area (Å²) in [6, 6.07) is 6.71. The van der Waals surface area contributed by atoms with Crippen molar-refractivity contribution in [2.45, 2.75) is 47.1 Å². The number of rotatable bonds is 6. The number of guanidine groups is 1. The highest BCUT2D eigenvalue weighted by Gasteiger charge is 2.21. The number of halogens is 1. The fraction of sp³-hybridized carbons (Fsp3) is 0.591. The van der Waals surface area contributed by atoms with Crippen LogP contribution in [0.4, 0.5) is 5.69 Å². The minimum atomic E-state index is 0. The molecule has 0 radical (unpaired) electrons. The van der Waals surface area contributed by atoms with Crippen LogP contribution in [-0.2, 0) is 13.6 Å². The summed E-state index contributed by atoms with van der Waals surface area (Å²) in [6.07, 6.45) is 2.31. The highest BCUT2D eigenvalue weighted by atomic mass is 127.